The molecule has 0 fully saturated rings. The number of anilines is 1. The number of thiocarbonyl (C=S) groups is 1. The molecule has 0 amide bonds. The molecular formula is C23H32N2O2S2. The summed E-state index contributed by atoms with van der Waals surface area (Å²) in [6.07, 6.45) is 10.3. The van der Waals surface area contributed by atoms with Crippen molar-refractivity contribution in [1.29, 1.82) is 0 Å². The molecule has 1 aromatic heterocycles. The number of rotatable bonds is 12. The minimum atomic E-state index is -0.364. The van der Waals surface area contributed by atoms with Gasteiger partial charge in [-0.1, -0.05) is 82.2 Å². The molecule has 0 aliphatic carbocycles. The number of benzene rings is 1. The van der Waals surface area contributed by atoms with Gasteiger partial charge in [-0.15, -0.1) is 11.3 Å². The predicted molar refractivity (Wildman–Crippen MR) is 128 cm³/mol. The van der Waals surface area contributed by atoms with Crippen LogP contribution in [0.15, 0.2) is 36.4 Å². The maximum absolute atomic E-state index is 12.2. The summed E-state index contributed by atoms with van der Waals surface area (Å²) >= 11 is 6.93. The van der Waals surface area contributed by atoms with E-state index in [-0.39, 0.29) is 5.97 Å². The second kappa shape index (κ2) is 13.3. The summed E-state index contributed by atoms with van der Waals surface area (Å²) < 4.78 is 4.93. The number of hydrogen-bond acceptors (Lipinski definition) is 4. The molecule has 1 heterocycles. The molecule has 0 bridgehead atoms. The summed E-state index contributed by atoms with van der Waals surface area (Å²) in [7, 11) is 1.39. The molecule has 2 aromatic rings. The molecule has 0 saturated heterocycles. The molecule has 0 atom stereocenters. The Hall–Kier alpha value is -1.92. The van der Waals surface area contributed by atoms with Crippen molar-refractivity contribution >= 4 is 39.6 Å². The van der Waals surface area contributed by atoms with Crippen LogP contribution in [0.4, 0.5) is 5.00 Å². The lowest BCUT2D eigenvalue weighted by Crippen LogP contribution is -2.29. The fourth-order valence-electron chi connectivity index (χ4n) is 3.10. The van der Waals surface area contributed by atoms with Gasteiger partial charge in [0.25, 0.3) is 0 Å². The van der Waals surface area contributed by atoms with Gasteiger partial charge in [0, 0.05) is 11.4 Å². The number of nitrogens with one attached hydrogen (secondary N) is 2. The molecule has 0 aliphatic rings. The van der Waals surface area contributed by atoms with E-state index in [4.69, 9.17) is 17.0 Å². The molecule has 2 rings (SSSR count). The van der Waals surface area contributed by atoms with E-state index in [0.29, 0.717) is 15.7 Å². The average molecular weight is 433 g/mol. The zero-order valence-electron chi connectivity index (χ0n) is 17.5. The van der Waals surface area contributed by atoms with Gasteiger partial charge in [0.05, 0.1) is 12.7 Å². The highest BCUT2D eigenvalue weighted by molar-refractivity contribution is 7.80. The maximum atomic E-state index is 12.2. The molecule has 4 nitrogen and oxygen atoms in total. The first-order valence-electron chi connectivity index (χ1n) is 10.5. The Morgan fingerprint density at radius 2 is 1.69 bits per heavy atom. The molecule has 0 unspecified atom stereocenters. The highest BCUT2D eigenvalue weighted by Crippen LogP contribution is 2.35. The minimum Gasteiger partial charge on any atom is -0.465 e. The Bertz CT molecular complexity index is 759. The highest BCUT2D eigenvalue weighted by atomic mass is 32.1. The van der Waals surface area contributed by atoms with Gasteiger partial charge in [-0.2, -0.15) is 0 Å². The molecule has 0 aliphatic heterocycles. The average Bonchev–Trinajstić information content (AvgIpc) is 3.16. The molecule has 29 heavy (non-hydrogen) atoms. The summed E-state index contributed by atoms with van der Waals surface area (Å²) in [5, 5.41) is 7.68. The van der Waals surface area contributed by atoms with E-state index in [2.05, 4.69) is 17.6 Å². The van der Waals surface area contributed by atoms with Crippen LogP contribution in [0.1, 0.15) is 68.6 Å². The molecule has 0 radical (unpaired) electrons. The topological polar surface area (TPSA) is 50.4 Å². The molecule has 1 aromatic carbocycles. The molecule has 2 N–H and O–H groups in total. The van der Waals surface area contributed by atoms with E-state index in [1.54, 1.807) is 0 Å². The minimum absolute atomic E-state index is 0.364. The van der Waals surface area contributed by atoms with Crippen molar-refractivity contribution in [2.24, 2.45) is 0 Å². The van der Waals surface area contributed by atoms with Crippen LogP contribution in [0.5, 0.6) is 0 Å². The van der Waals surface area contributed by atoms with Crippen LogP contribution in [0.25, 0.3) is 10.4 Å². The van der Waals surface area contributed by atoms with Gasteiger partial charge >= 0.3 is 5.97 Å². The number of carbonyl (C=O) groups excluding carboxylic acids is 1. The Morgan fingerprint density at radius 1 is 1.03 bits per heavy atom. The molecule has 0 saturated carbocycles. The Morgan fingerprint density at radius 3 is 2.34 bits per heavy atom. The van der Waals surface area contributed by atoms with Gasteiger partial charge in [-0.3, -0.25) is 0 Å². The Labute approximate surface area is 184 Å². The number of thiophene rings is 1. The van der Waals surface area contributed by atoms with Gasteiger partial charge in [-0.05, 0) is 30.3 Å². The quantitative estimate of drug-likeness (QED) is 0.224. The Balaban J connectivity index is 1.81. The summed E-state index contributed by atoms with van der Waals surface area (Å²) in [6, 6.07) is 11.8. The first-order chi connectivity index (χ1) is 14.2. The molecule has 0 spiro atoms. The van der Waals surface area contributed by atoms with Crippen LogP contribution in [-0.4, -0.2) is 24.7 Å². The third-order valence-corrected chi connectivity index (χ3v) is 6.08. The van der Waals surface area contributed by atoms with Crippen molar-refractivity contribution in [3.05, 3.63) is 42.0 Å². The normalized spacial score (nSPS) is 10.6. The summed E-state index contributed by atoms with van der Waals surface area (Å²) in [5.41, 5.74) is 1.57. The van der Waals surface area contributed by atoms with Gasteiger partial charge < -0.3 is 15.4 Å². The summed E-state index contributed by atoms with van der Waals surface area (Å²) in [6.45, 7) is 3.08. The van der Waals surface area contributed by atoms with E-state index in [1.165, 1.54) is 63.4 Å². The lowest BCUT2D eigenvalue weighted by molar-refractivity contribution is 0.0602. The number of carbonyl (C=O) groups is 1. The smallest absolute Gasteiger partial charge is 0.340 e. The third-order valence-electron chi connectivity index (χ3n) is 4.74. The van der Waals surface area contributed by atoms with E-state index in [1.807, 2.05) is 36.4 Å². The SMILES string of the molecule is CCCCCCCCCCNC(=S)Nc1sc(-c2ccccc2)cc1C(=O)OC. The van der Waals surface area contributed by atoms with Crippen molar-refractivity contribution < 1.29 is 9.53 Å². The van der Waals surface area contributed by atoms with Crippen LogP contribution in [0, 0.1) is 0 Å². The fraction of sp³-hybridized carbons (Fsp3) is 0.478. The van der Waals surface area contributed by atoms with Crippen molar-refractivity contribution in [2.75, 3.05) is 19.0 Å². The van der Waals surface area contributed by atoms with Gasteiger partial charge in [0.2, 0.25) is 0 Å². The number of ether oxygens (including phenoxy) is 1. The molecule has 158 valence electrons. The third kappa shape index (κ3) is 8.15. The van der Waals surface area contributed by atoms with E-state index < -0.39 is 0 Å². The standard InChI is InChI=1S/C23H32N2O2S2/c1-3-4-5-6-7-8-9-13-16-24-23(28)25-21-19(22(26)27-2)17-20(29-21)18-14-11-10-12-15-18/h10-12,14-15,17H,3-9,13,16H2,1-2H3,(H2,24,25,28). The zero-order valence-corrected chi connectivity index (χ0v) is 19.1. The summed E-state index contributed by atoms with van der Waals surface area (Å²) in [5.74, 6) is -0.364. The second-order valence-corrected chi connectivity index (χ2v) is 8.53. The molecular weight excluding hydrogens is 400 g/mol. The van der Waals surface area contributed by atoms with Crippen LogP contribution in [-0.2, 0) is 4.74 Å². The monoisotopic (exact) mass is 432 g/mol. The fourth-order valence-corrected chi connectivity index (χ4v) is 4.42. The van der Waals surface area contributed by atoms with Crippen molar-refractivity contribution in [3.63, 3.8) is 0 Å². The first-order valence-corrected chi connectivity index (χ1v) is 11.7. The zero-order chi connectivity index (χ0) is 20.9. The number of methoxy groups -OCH3 is 1. The lowest BCUT2D eigenvalue weighted by Gasteiger charge is -2.10. The van der Waals surface area contributed by atoms with Crippen LogP contribution >= 0.6 is 23.6 Å². The van der Waals surface area contributed by atoms with Crippen LogP contribution in [0.3, 0.4) is 0 Å². The van der Waals surface area contributed by atoms with Gasteiger partial charge in [0.15, 0.2) is 5.11 Å². The maximum Gasteiger partial charge on any atom is 0.340 e. The van der Waals surface area contributed by atoms with Crippen molar-refractivity contribution in [1.82, 2.24) is 5.32 Å². The van der Waals surface area contributed by atoms with Crippen molar-refractivity contribution in [2.45, 2.75) is 58.3 Å². The predicted octanol–water partition coefficient (Wildman–Crippen LogP) is 6.63. The van der Waals surface area contributed by atoms with Crippen molar-refractivity contribution in [3.8, 4) is 10.4 Å². The van der Waals surface area contributed by atoms with E-state index in [0.717, 1.165) is 23.4 Å². The lowest BCUT2D eigenvalue weighted by atomic mass is 10.1. The van der Waals surface area contributed by atoms with E-state index >= 15 is 0 Å². The largest absolute Gasteiger partial charge is 0.465 e. The number of hydrogen-bond donors (Lipinski definition) is 2. The number of unbranched alkanes of at least 4 members (excludes halogenated alkanes) is 7. The van der Waals surface area contributed by atoms with E-state index in [9.17, 15) is 4.79 Å². The second-order valence-electron chi connectivity index (χ2n) is 7.07. The summed E-state index contributed by atoms with van der Waals surface area (Å²) in [4.78, 5) is 13.2. The van der Waals surface area contributed by atoms with Gasteiger partial charge in [0.1, 0.15) is 5.00 Å². The first kappa shape index (κ1) is 23.4. The van der Waals surface area contributed by atoms with Gasteiger partial charge in [-0.25, -0.2) is 4.79 Å². The number of esters is 1. The van der Waals surface area contributed by atoms with Crippen LogP contribution in [0.2, 0.25) is 0 Å². The van der Waals surface area contributed by atoms with Crippen LogP contribution < -0.4 is 10.6 Å². The highest BCUT2D eigenvalue weighted by Gasteiger charge is 2.18. The molecule has 6 heteroatoms. The Kier molecular flexibility index (Phi) is 10.7.